The molecule has 30 heavy (non-hydrogen) atoms. The molecule has 9 heteroatoms. The first-order valence-corrected chi connectivity index (χ1v) is 11.1. The van der Waals surface area contributed by atoms with Crippen LogP contribution in [-0.2, 0) is 18.3 Å². The smallest absolute Gasteiger partial charge is 0.251 e. The molecule has 1 saturated carbocycles. The van der Waals surface area contributed by atoms with E-state index in [4.69, 9.17) is 4.74 Å². The van der Waals surface area contributed by atoms with Gasteiger partial charge in [-0.15, -0.1) is 10.2 Å². The molecule has 0 spiro atoms. The van der Waals surface area contributed by atoms with Gasteiger partial charge in [0.05, 0.1) is 12.4 Å². The van der Waals surface area contributed by atoms with Gasteiger partial charge in [-0.25, -0.2) is 0 Å². The summed E-state index contributed by atoms with van der Waals surface area (Å²) in [5.74, 6) is 1.37. The minimum atomic E-state index is -0.240. The summed E-state index contributed by atoms with van der Waals surface area (Å²) < 4.78 is 6.98. The van der Waals surface area contributed by atoms with Crippen molar-refractivity contribution < 1.29 is 14.3 Å². The van der Waals surface area contributed by atoms with E-state index in [9.17, 15) is 9.59 Å². The van der Waals surface area contributed by atoms with E-state index in [0.717, 1.165) is 18.7 Å². The molecule has 0 saturated heterocycles. The fourth-order valence-electron chi connectivity index (χ4n) is 3.40. The molecule has 1 aromatic heterocycles. The van der Waals surface area contributed by atoms with E-state index in [2.05, 4.69) is 20.8 Å². The minimum absolute atomic E-state index is 0.0446. The predicted molar refractivity (Wildman–Crippen MR) is 116 cm³/mol. The Morgan fingerprint density at radius 2 is 1.93 bits per heavy atom. The van der Waals surface area contributed by atoms with E-state index in [-0.39, 0.29) is 17.1 Å². The van der Waals surface area contributed by atoms with E-state index in [1.165, 1.54) is 24.6 Å². The summed E-state index contributed by atoms with van der Waals surface area (Å²) in [4.78, 5) is 24.6. The van der Waals surface area contributed by atoms with Crippen LogP contribution < -0.4 is 15.4 Å². The normalized spacial score (nSPS) is 15.0. The second-order valence-corrected chi connectivity index (χ2v) is 8.75. The number of methoxy groups -OCH3 is 1. The summed E-state index contributed by atoms with van der Waals surface area (Å²) in [5.41, 5.74) is 0.576. The quantitative estimate of drug-likeness (QED) is 0.592. The van der Waals surface area contributed by atoms with Crippen molar-refractivity contribution in [1.29, 1.82) is 0 Å². The van der Waals surface area contributed by atoms with Gasteiger partial charge in [0.15, 0.2) is 5.16 Å². The maximum Gasteiger partial charge on any atom is 0.251 e. The van der Waals surface area contributed by atoms with Gasteiger partial charge < -0.3 is 19.9 Å². The summed E-state index contributed by atoms with van der Waals surface area (Å²) in [6.07, 6.45) is 5.07. The Labute approximate surface area is 181 Å². The summed E-state index contributed by atoms with van der Waals surface area (Å²) >= 11 is 1.40. The SMILES string of the molecule is COc1ccc(C(=O)NCCc2nnc(SC(C)C(=O)NC3CCCC3)n2C)cc1. The van der Waals surface area contributed by atoms with Crippen LogP contribution in [0.15, 0.2) is 29.4 Å². The molecule has 2 amide bonds. The molecule has 1 aromatic carbocycles. The number of nitrogens with one attached hydrogen (secondary N) is 2. The second-order valence-electron chi connectivity index (χ2n) is 7.44. The molecular weight excluding hydrogens is 402 g/mol. The molecule has 1 aliphatic carbocycles. The summed E-state index contributed by atoms with van der Waals surface area (Å²) in [5, 5.41) is 14.9. The molecule has 162 valence electrons. The van der Waals surface area contributed by atoms with Gasteiger partial charge in [-0.1, -0.05) is 24.6 Å². The average molecular weight is 432 g/mol. The van der Waals surface area contributed by atoms with E-state index in [1.54, 1.807) is 31.4 Å². The van der Waals surface area contributed by atoms with Crippen LogP contribution in [-0.4, -0.2) is 51.5 Å². The number of ether oxygens (including phenoxy) is 1. The molecule has 2 N–H and O–H groups in total. The first-order valence-electron chi connectivity index (χ1n) is 10.3. The molecule has 3 rings (SSSR count). The van der Waals surface area contributed by atoms with Gasteiger partial charge in [-0.05, 0) is 44.0 Å². The Hall–Kier alpha value is -2.55. The highest BCUT2D eigenvalue weighted by Crippen LogP contribution is 2.23. The number of benzene rings is 1. The Kier molecular flexibility index (Phi) is 7.73. The van der Waals surface area contributed by atoms with Gasteiger partial charge in [0, 0.05) is 31.6 Å². The van der Waals surface area contributed by atoms with Crippen molar-refractivity contribution >= 4 is 23.6 Å². The van der Waals surface area contributed by atoms with Gasteiger partial charge in [0.1, 0.15) is 11.6 Å². The van der Waals surface area contributed by atoms with Crippen molar-refractivity contribution in [2.45, 2.75) is 55.5 Å². The molecule has 0 radical (unpaired) electrons. The van der Waals surface area contributed by atoms with Crippen molar-refractivity contribution in [3.05, 3.63) is 35.7 Å². The van der Waals surface area contributed by atoms with Gasteiger partial charge in [-0.3, -0.25) is 9.59 Å². The standard InChI is InChI=1S/C21H29N5O3S/c1-14(19(27)23-16-6-4-5-7-16)30-21-25-24-18(26(21)2)12-13-22-20(28)15-8-10-17(29-3)11-9-15/h8-11,14,16H,4-7,12-13H2,1-3H3,(H,22,28)(H,23,27). The van der Waals surface area contributed by atoms with E-state index in [0.29, 0.717) is 35.5 Å². The van der Waals surface area contributed by atoms with Crippen LogP contribution in [0.1, 0.15) is 48.8 Å². The molecule has 1 fully saturated rings. The van der Waals surface area contributed by atoms with Gasteiger partial charge >= 0.3 is 0 Å². The minimum Gasteiger partial charge on any atom is -0.497 e. The highest BCUT2D eigenvalue weighted by molar-refractivity contribution is 8.00. The number of aromatic nitrogens is 3. The van der Waals surface area contributed by atoms with Gasteiger partial charge in [0.25, 0.3) is 5.91 Å². The number of carbonyl (C=O) groups excluding carboxylic acids is 2. The third-order valence-corrected chi connectivity index (χ3v) is 6.40. The zero-order valence-electron chi connectivity index (χ0n) is 17.7. The van der Waals surface area contributed by atoms with Crippen molar-refractivity contribution in [2.24, 2.45) is 7.05 Å². The summed E-state index contributed by atoms with van der Waals surface area (Å²) in [6, 6.07) is 7.27. The Morgan fingerprint density at radius 3 is 2.60 bits per heavy atom. The van der Waals surface area contributed by atoms with Crippen molar-refractivity contribution in [3.8, 4) is 5.75 Å². The lowest BCUT2D eigenvalue weighted by atomic mass is 10.2. The number of thioether (sulfide) groups is 1. The second kappa shape index (κ2) is 10.5. The monoisotopic (exact) mass is 431 g/mol. The lowest BCUT2D eigenvalue weighted by Crippen LogP contribution is -2.37. The number of hydrogen-bond acceptors (Lipinski definition) is 6. The number of amides is 2. The van der Waals surface area contributed by atoms with Crippen LogP contribution in [0, 0.1) is 0 Å². The van der Waals surface area contributed by atoms with Crippen molar-refractivity contribution in [2.75, 3.05) is 13.7 Å². The summed E-state index contributed by atoms with van der Waals surface area (Å²) in [7, 11) is 3.47. The third kappa shape index (κ3) is 5.75. The molecule has 0 bridgehead atoms. The maximum atomic E-state index is 12.4. The molecule has 1 aliphatic rings. The fraction of sp³-hybridized carbons (Fsp3) is 0.524. The summed E-state index contributed by atoms with van der Waals surface area (Å²) in [6.45, 7) is 2.33. The zero-order chi connectivity index (χ0) is 21.5. The molecule has 8 nitrogen and oxygen atoms in total. The van der Waals surface area contributed by atoms with Crippen LogP contribution >= 0.6 is 11.8 Å². The topological polar surface area (TPSA) is 98.1 Å². The third-order valence-electron chi connectivity index (χ3n) is 5.26. The number of hydrogen-bond donors (Lipinski definition) is 2. The predicted octanol–water partition coefficient (Wildman–Crippen LogP) is 2.34. The first-order chi connectivity index (χ1) is 14.5. The molecule has 1 heterocycles. The fourth-order valence-corrected chi connectivity index (χ4v) is 4.24. The number of nitrogens with zero attached hydrogens (tertiary/aromatic N) is 3. The Bertz CT molecular complexity index is 862. The van der Waals surface area contributed by atoms with Gasteiger partial charge in [0.2, 0.25) is 5.91 Å². The van der Waals surface area contributed by atoms with Gasteiger partial charge in [-0.2, -0.15) is 0 Å². The maximum absolute atomic E-state index is 12.4. The van der Waals surface area contributed by atoms with Crippen LogP contribution in [0.4, 0.5) is 0 Å². The number of carbonyl (C=O) groups is 2. The lowest BCUT2D eigenvalue weighted by molar-refractivity contribution is -0.120. The van der Waals surface area contributed by atoms with Crippen LogP contribution in [0.25, 0.3) is 0 Å². The Balaban J connectivity index is 1.47. The van der Waals surface area contributed by atoms with E-state index in [1.807, 2.05) is 18.5 Å². The molecule has 1 atom stereocenters. The average Bonchev–Trinajstić information content (AvgIpc) is 3.38. The molecule has 1 unspecified atom stereocenters. The van der Waals surface area contributed by atoms with Crippen LogP contribution in [0.5, 0.6) is 5.75 Å². The van der Waals surface area contributed by atoms with E-state index < -0.39 is 0 Å². The highest BCUT2D eigenvalue weighted by atomic mass is 32.2. The van der Waals surface area contributed by atoms with Crippen molar-refractivity contribution in [3.63, 3.8) is 0 Å². The lowest BCUT2D eigenvalue weighted by Gasteiger charge is -2.16. The zero-order valence-corrected chi connectivity index (χ0v) is 18.5. The van der Waals surface area contributed by atoms with E-state index >= 15 is 0 Å². The molecule has 2 aromatic rings. The van der Waals surface area contributed by atoms with Crippen LogP contribution in [0.3, 0.4) is 0 Å². The molecular formula is C21H29N5O3S. The van der Waals surface area contributed by atoms with Crippen LogP contribution in [0.2, 0.25) is 0 Å². The Morgan fingerprint density at radius 1 is 1.23 bits per heavy atom. The number of rotatable bonds is 9. The van der Waals surface area contributed by atoms with Crippen molar-refractivity contribution in [1.82, 2.24) is 25.4 Å². The highest BCUT2D eigenvalue weighted by Gasteiger charge is 2.23. The largest absolute Gasteiger partial charge is 0.497 e. The molecule has 0 aliphatic heterocycles. The first kappa shape index (κ1) is 22.1.